The van der Waals surface area contributed by atoms with Gasteiger partial charge >= 0.3 is 5.97 Å². The number of hydrogen-bond donors (Lipinski definition) is 0. The molecule has 3 aromatic carbocycles. The molecule has 1 aliphatic rings. The van der Waals surface area contributed by atoms with Crippen LogP contribution in [-0.2, 0) is 20.0 Å². The second-order valence-corrected chi connectivity index (χ2v) is 10.3. The van der Waals surface area contributed by atoms with Crippen LogP contribution >= 0.6 is 0 Å². The van der Waals surface area contributed by atoms with Gasteiger partial charge < -0.3 is 4.74 Å². The van der Waals surface area contributed by atoms with Gasteiger partial charge in [-0.25, -0.2) is 13.2 Å². The molecule has 0 heterocycles. The van der Waals surface area contributed by atoms with E-state index in [1.165, 1.54) is 0 Å². The van der Waals surface area contributed by atoms with Crippen LogP contribution in [0.5, 0.6) is 0 Å². The first-order valence-electron chi connectivity index (χ1n) is 10.3. The first-order valence-corrected chi connectivity index (χ1v) is 11.8. The Labute approximate surface area is 188 Å². The Kier molecular flexibility index (Phi) is 5.61. The third-order valence-corrected chi connectivity index (χ3v) is 7.66. The molecule has 4 nitrogen and oxygen atoms in total. The van der Waals surface area contributed by atoms with E-state index in [-0.39, 0.29) is 10.3 Å². The molecule has 0 fully saturated rings. The number of carbonyl (C=O) groups is 1. The lowest BCUT2D eigenvalue weighted by Gasteiger charge is -2.32. The Morgan fingerprint density at radius 2 is 1.62 bits per heavy atom. The lowest BCUT2D eigenvalue weighted by atomic mass is 9.75. The van der Waals surface area contributed by atoms with Crippen LogP contribution in [0, 0.1) is 0 Å². The maximum absolute atomic E-state index is 13.5. The molecule has 0 N–H and O–H groups in total. The van der Waals surface area contributed by atoms with Crippen LogP contribution in [-0.4, -0.2) is 14.4 Å². The summed E-state index contributed by atoms with van der Waals surface area (Å²) < 4.78 is 31.7. The number of esters is 1. The van der Waals surface area contributed by atoms with Crippen LogP contribution in [0.2, 0.25) is 0 Å². The molecule has 0 unspecified atom stereocenters. The summed E-state index contributed by atoms with van der Waals surface area (Å²) in [5.41, 5.74) is 3.71. The van der Waals surface area contributed by atoms with Gasteiger partial charge in [-0.1, -0.05) is 69.0 Å². The highest BCUT2D eigenvalue weighted by atomic mass is 32.2. The predicted molar refractivity (Wildman–Crippen MR) is 127 cm³/mol. The van der Waals surface area contributed by atoms with Gasteiger partial charge in [0.25, 0.3) is 0 Å². The van der Waals surface area contributed by atoms with Gasteiger partial charge in [0, 0.05) is 0 Å². The topological polar surface area (TPSA) is 60.4 Å². The molecule has 0 saturated carbocycles. The van der Waals surface area contributed by atoms with Gasteiger partial charge in [0.05, 0.1) is 21.6 Å². The van der Waals surface area contributed by atoms with Gasteiger partial charge in [-0.15, -0.1) is 0 Å². The van der Waals surface area contributed by atoms with E-state index in [0.717, 1.165) is 28.5 Å². The van der Waals surface area contributed by atoms with Crippen molar-refractivity contribution in [3.63, 3.8) is 0 Å². The van der Waals surface area contributed by atoms with Crippen LogP contribution in [0.4, 0.5) is 0 Å². The number of hydrogen-bond acceptors (Lipinski definition) is 4. The number of sulfone groups is 1. The zero-order valence-electron chi connectivity index (χ0n) is 18.0. The Balaban J connectivity index is 1.80. The molecular weight excluding hydrogens is 420 g/mol. The largest absolute Gasteiger partial charge is 0.432 e. The number of fused-ring (bicyclic) bond motifs is 1. The third-order valence-electron chi connectivity index (χ3n) is 5.80. The van der Waals surface area contributed by atoms with E-state index in [4.69, 9.17) is 4.74 Å². The average molecular weight is 445 g/mol. The van der Waals surface area contributed by atoms with Crippen molar-refractivity contribution in [2.24, 2.45) is 0 Å². The number of benzene rings is 3. The molecule has 0 radical (unpaired) electrons. The van der Waals surface area contributed by atoms with E-state index in [9.17, 15) is 13.2 Å². The minimum atomic E-state index is -3.66. The minimum Gasteiger partial charge on any atom is -0.432 e. The second kappa shape index (κ2) is 8.24. The minimum absolute atomic E-state index is 0.179. The fraction of sp³-hybridized carbons (Fsp3) is 0.148. The smallest absolute Gasteiger partial charge is 0.342 e. The van der Waals surface area contributed by atoms with E-state index in [1.54, 1.807) is 42.5 Å². The summed E-state index contributed by atoms with van der Waals surface area (Å²) in [7, 11) is -3.66. The normalized spacial score (nSPS) is 14.8. The Hall–Kier alpha value is -3.44. The SMILES string of the molecule is C=COC(=O)c1ccc(-c2ccc3c(c2)C(S(=O)(=O)c2ccccc2)=CCC3(C)C)cc1. The molecule has 0 aromatic heterocycles. The third kappa shape index (κ3) is 3.92. The van der Waals surface area contributed by atoms with Gasteiger partial charge in [-0.05, 0) is 64.4 Å². The van der Waals surface area contributed by atoms with Crippen LogP contribution in [0.15, 0.2) is 96.6 Å². The summed E-state index contributed by atoms with van der Waals surface area (Å²) in [5.74, 6) is -0.474. The second-order valence-electron chi connectivity index (χ2n) is 8.38. The predicted octanol–water partition coefficient (Wildman–Crippen LogP) is 6.15. The number of ether oxygens (including phenoxy) is 1. The van der Waals surface area contributed by atoms with Crippen molar-refractivity contribution >= 4 is 20.7 Å². The zero-order valence-corrected chi connectivity index (χ0v) is 18.9. The van der Waals surface area contributed by atoms with Crippen LogP contribution < -0.4 is 0 Å². The standard InChI is InChI=1S/C27H24O4S/c1-4-31-26(28)20-12-10-19(11-13-20)21-14-15-24-23(18-21)25(16-17-27(24,2)3)32(29,30)22-8-6-5-7-9-22/h4-16,18H,1,17H2,2-3H3. The van der Waals surface area contributed by atoms with Gasteiger partial charge in [0.1, 0.15) is 0 Å². The van der Waals surface area contributed by atoms with E-state index in [2.05, 4.69) is 20.4 Å². The van der Waals surface area contributed by atoms with Crippen molar-refractivity contribution < 1.29 is 17.9 Å². The van der Waals surface area contributed by atoms with E-state index < -0.39 is 15.8 Å². The van der Waals surface area contributed by atoms with Crippen molar-refractivity contribution in [3.8, 4) is 11.1 Å². The quantitative estimate of drug-likeness (QED) is 0.350. The lowest BCUT2D eigenvalue weighted by molar-refractivity contribution is 0.0664. The van der Waals surface area contributed by atoms with E-state index in [1.807, 2.05) is 36.4 Å². The van der Waals surface area contributed by atoms with E-state index >= 15 is 0 Å². The van der Waals surface area contributed by atoms with Crippen molar-refractivity contribution in [2.45, 2.75) is 30.6 Å². The van der Waals surface area contributed by atoms with Gasteiger partial charge in [0.15, 0.2) is 0 Å². The molecule has 1 aliphatic carbocycles. The molecule has 32 heavy (non-hydrogen) atoms. The summed E-state index contributed by atoms with van der Waals surface area (Å²) in [6.07, 6.45) is 3.58. The fourth-order valence-electron chi connectivity index (χ4n) is 4.01. The van der Waals surface area contributed by atoms with Crippen molar-refractivity contribution in [3.05, 3.63) is 108 Å². The zero-order chi connectivity index (χ0) is 22.9. The molecule has 4 rings (SSSR count). The summed E-state index contributed by atoms with van der Waals surface area (Å²) in [4.78, 5) is 12.5. The Morgan fingerprint density at radius 1 is 0.969 bits per heavy atom. The summed E-state index contributed by atoms with van der Waals surface area (Å²) in [5, 5.41) is 0. The van der Waals surface area contributed by atoms with Gasteiger partial charge in [0.2, 0.25) is 9.84 Å². The summed E-state index contributed by atoms with van der Waals surface area (Å²) in [6.45, 7) is 7.63. The highest BCUT2D eigenvalue weighted by Gasteiger charge is 2.34. The van der Waals surface area contributed by atoms with Gasteiger partial charge in [-0.3, -0.25) is 0 Å². The van der Waals surface area contributed by atoms with Crippen LogP contribution in [0.1, 0.15) is 41.8 Å². The Morgan fingerprint density at radius 3 is 2.28 bits per heavy atom. The molecule has 0 atom stereocenters. The van der Waals surface area contributed by atoms with Crippen molar-refractivity contribution in [1.29, 1.82) is 0 Å². The highest BCUT2D eigenvalue weighted by molar-refractivity contribution is 8.00. The molecular formula is C27H24O4S. The van der Waals surface area contributed by atoms with E-state index in [0.29, 0.717) is 16.9 Å². The highest BCUT2D eigenvalue weighted by Crippen LogP contribution is 2.43. The fourth-order valence-corrected chi connectivity index (χ4v) is 5.54. The molecule has 3 aromatic rings. The molecule has 0 bridgehead atoms. The molecule has 0 saturated heterocycles. The summed E-state index contributed by atoms with van der Waals surface area (Å²) >= 11 is 0. The van der Waals surface area contributed by atoms with Crippen molar-refractivity contribution in [1.82, 2.24) is 0 Å². The van der Waals surface area contributed by atoms with Crippen LogP contribution in [0.25, 0.3) is 16.0 Å². The maximum Gasteiger partial charge on any atom is 0.342 e. The summed E-state index contributed by atoms with van der Waals surface area (Å²) in [6, 6.07) is 21.5. The molecule has 5 heteroatoms. The average Bonchev–Trinajstić information content (AvgIpc) is 2.79. The number of allylic oxidation sites excluding steroid dienone is 1. The number of carbonyl (C=O) groups excluding carboxylic acids is 1. The molecule has 0 spiro atoms. The van der Waals surface area contributed by atoms with Crippen molar-refractivity contribution in [2.75, 3.05) is 0 Å². The molecule has 162 valence electrons. The number of rotatable bonds is 5. The van der Waals surface area contributed by atoms with Crippen LogP contribution in [0.3, 0.4) is 0 Å². The molecule has 0 aliphatic heterocycles. The van der Waals surface area contributed by atoms with Gasteiger partial charge in [-0.2, -0.15) is 0 Å². The monoisotopic (exact) mass is 444 g/mol. The lowest BCUT2D eigenvalue weighted by Crippen LogP contribution is -2.23. The maximum atomic E-state index is 13.5. The Bertz CT molecular complexity index is 1320. The first-order chi connectivity index (χ1) is 15.2. The first kappa shape index (κ1) is 21.8. The molecule has 0 amide bonds.